The number of aliphatic hydroxyl groups excluding tert-OH is 1. The molecule has 1 unspecified atom stereocenters. The summed E-state index contributed by atoms with van der Waals surface area (Å²) >= 11 is 6.31. The third kappa shape index (κ3) is 7.05. The number of benzene rings is 2. The van der Waals surface area contributed by atoms with Crippen LogP contribution in [0.5, 0.6) is 0 Å². The quantitative estimate of drug-likeness (QED) is 0.517. The molecule has 0 saturated carbocycles. The second kappa shape index (κ2) is 12.2. The maximum absolute atomic E-state index is 12.6. The molecular formula is C27H35ClN2O3. The van der Waals surface area contributed by atoms with E-state index in [9.17, 15) is 14.7 Å². The van der Waals surface area contributed by atoms with Crippen LogP contribution in [0.15, 0.2) is 48.5 Å². The summed E-state index contributed by atoms with van der Waals surface area (Å²) in [6, 6.07) is 14.9. The Morgan fingerprint density at radius 3 is 2.39 bits per heavy atom. The van der Waals surface area contributed by atoms with Crippen LogP contribution in [0.2, 0.25) is 5.02 Å². The van der Waals surface area contributed by atoms with Crippen LogP contribution in [0, 0.1) is 5.92 Å². The molecule has 0 radical (unpaired) electrons. The molecule has 0 spiro atoms. The molecular weight excluding hydrogens is 436 g/mol. The lowest BCUT2D eigenvalue weighted by molar-refractivity contribution is -0.142. The highest BCUT2D eigenvalue weighted by atomic mass is 35.5. The minimum atomic E-state index is -1.06. The lowest BCUT2D eigenvalue weighted by Crippen LogP contribution is -2.41. The topological polar surface area (TPSA) is 60.9 Å². The van der Waals surface area contributed by atoms with Gasteiger partial charge in [0.15, 0.2) is 6.10 Å². The molecule has 1 heterocycles. The summed E-state index contributed by atoms with van der Waals surface area (Å²) in [5, 5.41) is 10.9. The van der Waals surface area contributed by atoms with E-state index in [-0.39, 0.29) is 11.8 Å². The number of amides is 2. The molecule has 1 N–H and O–H groups in total. The molecule has 178 valence electrons. The number of aryl methyl sites for hydroxylation is 1. The van der Waals surface area contributed by atoms with E-state index in [0.29, 0.717) is 22.1 Å². The molecule has 2 aromatic rings. The Labute approximate surface area is 202 Å². The summed E-state index contributed by atoms with van der Waals surface area (Å²) in [4.78, 5) is 28.0. The van der Waals surface area contributed by atoms with Crippen LogP contribution in [0.3, 0.4) is 0 Å². The number of unbranched alkanes of at least 4 members (excludes halogenated alkanes) is 2. The van der Waals surface area contributed by atoms with Crippen molar-refractivity contribution in [3.8, 4) is 0 Å². The van der Waals surface area contributed by atoms with E-state index < -0.39 is 6.10 Å². The fourth-order valence-electron chi connectivity index (χ4n) is 4.46. The molecule has 0 aromatic heterocycles. The Morgan fingerprint density at radius 2 is 1.76 bits per heavy atom. The molecule has 1 fully saturated rings. The van der Waals surface area contributed by atoms with Gasteiger partial charge in [0.2, 0.25) is 0 Å². The highest BCUT2D eigenvalue weighted by Crippen LogP contribution is 2.26. The number of aliphatic hydroxyl groups is 1. The number of hydrogen-bond donors (Lipinski definition) is 1. The van der Waals surface area contributed by atoms with Gasteiger partial charge >= 0.3 is 0 Å². The zero-order valence-electron chi connectivity index (χ0n) is 19.7. The average molecular weight is 471 g/mol. The number of rotatable bonds is 9. The minimum Gasteiger partial charge on any atom is -0.378 e. The smallest absolute Gasteiger partial charge is 0.256 e. The van der Waals surface area contributed by atoms with Gasteiger partial charge in [-0.05, 0) is 54.9 Å². The van der Waals surface area contributed by atoms with Crippen molar-refractivity contribution in [2.24, 2.45) is 5.92 Å². The van der Waals surface area contributed by atoms with Gasteiger partial charge < -0.3 is 14.9 Å². The second-order valence-electron chi connectivity index (χ2n) is 9.19. The standard InChI is InChI=1S/C27H35ClN2O3/c1-29(2)26(32)23-14-13-21(19-24(23)28)10-6-3-5-9-20-15-17-30(18-16-20)27(33)25(31)22-11-7-4-8-12-22/h4,7-8,11-14,19-20,25,31H,3,5-6,9-10,15-18H2,1-2H3. The van der Waals surface area contributed by atoms with Crippen LogP contribution in [-0.2, 0) is 11.2 Å². The van der Waals surface area contributed by atoms with Gasteiger partial charge in [0.25, 0.3) is 11.8 Å². The first-order valence-corrected chi connectivity index (χ1v) is 12.3. The third-order valence-corrected chi connectivity index (χ3v) is 6.84. The molecule has 1 aliphatic rings. The first-order chi connectivity index (χ1) is 15.9. The highest BCUT2D eigenvalue weighted by molar-refractivity contribution is 6.33. The Morgan fingerprint density at radius 1 is 1.06 bits per heavy atom. The number of likely N-dealkylation sites (tertiary alicyclic amines) is 1. The first-order valence-electron chi connectivity index (χ1n) is 11.9. The van der Waals surface area contributed by atoms with Crippen LogP contribution in [0.4, 0.5) is 0 Å². The predicted molar refractivity (Wildman–Crippen MR) is 132 cm³/mol. The Hall–Kier alpha value is -2.37. The summed E-state index contributed by atoms with van der Waals surface area (Å²) in [5.74, 6) is 0.388. The van der Waals surface area contributed by atoms with E-state index >= 15 is 0 Å². The van der Waals surface area contributed by atoms with E-state index in [0.717, 1.165) is 45.2 Å². The van der Waals surface area contributed by atoms with Gasteiger partial charge in [-0.1, -0.05) is 67.3 Å². The summed E-state index contributed by atoms with van der Waals surface area (Å²) in [7, 11) is 3.45. The molecule has 1 aliphatic heterocycles. The molecule has 1 saturated heterocycles. The zero-order chi connectivity index (χ0) is 23.8. The van der Waals surface area contributed by atoms with E-state index in [1.54, 1.807) is 26.2 Å². The monoisotopic (exact) mass is 470 g/mol. The normalized spacial score (nSPS) is 15.3. The molecule has 6 heteroatoms. The second-order valence-corrected chi connectivity index (χ2v) is 9.60. The van der Waals surface area contributed by atoms with Crippen LogP contribution in [0.1, 0.15) is 66.1 Å². The van der Waals surface area contributed by atoms with Crippen molar-refractivity contribution < 1.29 is 14.7 Å². The summed E-state index contributed by atoms with van der Waals surface area (Å²) in [5.41, 5.74) is 2.37. The Kier molecular flexibility index (Phi) is 9.33. The van der Waals surface area contributed by atoms with Crippen LogP contribution in [-0.4, -0.2) is 53.9 Å². The minimum absolute atomic E-state index is 0.0751. The van der Waals surface area contributed by atoms with Crippen molar-refractivity contribution in [1.29, 1.82) is 0 Å². The van der Waals surface area contributed by atoms with Crippen molar-refractivity contribution in [1.82, 2.24) is 9.80 Å². The van der Waals surface area contributed by atoms with Crippen molar-refractivity contribution in [3.63, 3.8) is 0 Å². The maximum atomic E-state index is 12.6. The molecule has 33 heavy (non-hydrogen) atoms. The van der Waals surface area contributed by atoms with E-state index in [2.05, 4.69) is 0 Å². The number of piperidine rings is 1. The first kappa shape index (κ1) is 25.3. The van der Waals surface area contributed by atoms with Gasteiger partial charge in [-0.2, -0.15) is 0 Å². The Bertz CT molecular complexity index is 924. The molecule has 2 amide bonds. The molecule has 1 atom stereocenters. The average Bonchev–Trinajstić information content (AvgIpc) is 2.83. The van der Waals surface area contributed by atoms with Crippen molar-refractivity contribution in [3.05, 3.63) is 70.2 Å². The number of hydrogen-bond acceptors (Lipinski definition) is 3. The van der Waals surface area contributed by atoms with Gasteiger partial charge in [0.05, 0.1) is 10.6 Å². The lowest BCUT2D eigenvalue weighted by Gasteiger charge is -2.33. The van der Waals surface area contributed by atoms with E-state index in [4.69, 9.17) is 11.6 Å². The summed E-state index contributed by atoms with van der Waals surface area (Å²) < 4.78 is 0. The predicted octanol–water partition coefficient (Wildman–Crippen LogP) is 5.12. The van der Waals surface area contributed by atoms with Crippen molar-refractivity contribution in [2.75, 3.05) is 27.2 Å². The van der Waals surface area contributed by atoms with Crippen molar-refractivity contribution in [2.45, 2.75) is 51.0 Å². The van der Waals surface area contributed by atoms with Crippen molar-refractivity contribution >= 4 is 23.4 Å². The van der Waals surface area contributed by atoms with Gasteiger partial charge in [0.1, 0.15) is 0 Å². The number of carbonyl (C=O) groups excluding carboxylic acids is 2. The molecule has 2 aromatic carbocycles. The van der Waals surface area contributed by atoms with Crippen LogP contribution in [0.25, 0.3) is 0 Å². The maximum Gasteiger partial charge on any atom is 0.256 e. The van der Waals surface area contributed by atoms with Gasteiger partial charge in [-0.25, -0.2) is 0 Å². The highest BCUT2D eigenvalue weighted by Gasteiger charge is 2.27. The summed E-state index contributed by atoms with van der Waals surface area (Å²) in [6.07, 6.45) is 6.51. The number of halogens is 1. The van der Waals surface area contributed by atoms with E-state index in [1.807, 2.05) is 41.3 Å². The lowest BCUT2D eigenvalue weighted by atomic mass is 9.90. The molecule has 0 aliphatic carbocycles. The fourth-order valence-corrected chi connectivity index (χ4v) is 4.74. The summed E-state index contributed by atoms with van der Waals surface area (Å²) in [6.45, 7) is 1.45. The fraction of sp³-hybridized carbons (Fsp3) is 0.481. The number of nitrogens with zero attached hydrogens (tertiary/aromatic N) is 2. The number of carbonyl (C=O) groups is 2. The molecule has 3 rings (SSSR count). The largest absolute Gasteiger partial charge is 0.378 e. The van der Waals surface area contributed by atoms with Crippen LogP contribution >= 0.6 is 11.6 Å². The van der Waals surface area contributed by atoms with Gasteiger partial charge in [-0.15, -0.1) is 0 Å². The van der Waals surface area contributed by atoms with E-state index in [1.165, 1.54) is 23.3 Å². The van der Waals surface area contributed by atoms with Gasteiger partial charge in [0, 0.05) is 27.2 Å². The van der Waals surface area contributed by atoms with Gasteiger partial charge in [-0.3, -0.25) is 9.59 Å². The zero-order valence-corrected chi connectivity index (χ0v) is 20.4. The van der Waals surface area contributed by atoms with Crippen LogP contribution < -0.4 is 0 Å². The molecule has 0 bridgehead atoms. The third-order valence-electron chi connectivity index (χ3n) is 6.52. The molecule has 5 nitrogen and oxygen atoms in total. The Balaban J connectivity index is 1.34. The SMILES string of the molecule is CN(C)C(=O)c1ccc(CCCCCC2CCN(C(=O)C(O)c3ccccc3)CC2)cc1Cl.